The van der Waals surface area contributed by atoms with Gasteiger partial charge in [-0.15, -0.1) is 0 Å². The second-order valence-corrected chi connectivity index (χ2v) is 4.73. The molecule has 6 nitrogen and oxygen atoms in total. The molecule has 1 unspecified atom stereocenters. The monoisotopic (exact) mass is 276 g/mol. The van der Waals surface area contributed by atoms with Gasteiger partial charge >= 0.3 is 5.97 Å². The number of aliphatic hydroxyl groups is 1. The van der Waals surface area contributed by atoms with Crippen LogP contribution in [-0.4, -0.2) is 51.2 Å². The van der Waals surface area contributed by atoms with E-state index < -0.39 is 12.1 Å². The Morgan fingerprint density at radius 3 is 2.90 bits per heavy atom. The third kappa shape index (κ3) is 3.64. The fourth-order valence-corrected chi connectivity index (χ4v) is 2.16. The van der Waals surface area contributed by atoms with Gasteiger partial charge in [-0.05, 0) is 30.5 Å². The van der Waals surface area contributed by atoms with Crippen LogP contribution >= 0.6 is 0 Å². The lowest BCUT2D eigenvalue weighted by molar-refractivity contribution is -0.131. The van der Waals surface area contributed by atoms with Crippen molar-refractivity contribution in [2.24, 2.45) is 0 Å². The fraction of sp³-hybridized carbons (Fsp3) is 0.357. The number of piperidine rings is 1. The predicted octanol–water partition coefficient (Wildman–Crippen LogP) is 0.776. The van der Waals surface area contributed by atoms with E-state index in [9.17, 15) is 14.7 Å². The van der Waals surface area contributed by atoms with Crippen LogP contribution < -0.4 is 0 Å². The van der Waals surface area contributed by atoms with Crippen LogP contribution in [0.2, 0.25) is 0 Å². The van der Waals surface area contributed by atoms with Crippen LogP contribution in [0.15, 0.2) is 24.5 Å². The Morgan fingerprint density at radius 1 is 1.40 bits per heavy atom. The van der Waals surface area contributed by atoms with E-state index in [1.54, 1.807) is 11.0 Å². The third-order valence-electron chi connectivity index (χ3n) is 3.11. The maximum atomic E-state index is 12.3. The highest BCUT2D eigenvalue weighted by atomic mass is 16.4. The lowest BCUT2D eigenvalue weighted by Gasteiger charge is -2.30. The summed E-state index contributed by atoms with van der Waals surface area (Å²) in [4.78, 5) is 28.3. The highest BCUT2D eigenvalue weighted by Gasteiger charge is 2.23. The summed E-state index contributed by atoms with van der Waals surface area (Å²) in [6.07, 6.45) is 6.33. The van der Waals surface area contributed by atoms with Crippen LogP contribution in [0, 0.1) is 0 Å². The van der Waals surface area contributed by atoms with Crippen LogP contribution in [0.4, 0.5) is 0 Å². The molecule has 1 aliphatic heterocycles. The van der Waals surface area contributed by atoms with Crippen molar-refractivity contribution in [2.45, 2.75) is 18.9 Å². The molecule has 0 saturated carbocycles. The van der Waals surface area contributed by atoms with Crippen LogP contribution in [0.3, 0.4) is 0 Å². The van der Waals surface area contributed by atoms with Gasteiger partial charge in [-0.3, -0.25) is 9.78 Å². The summed E-state index contributed by atoms with van der Waals surface area (Å²) in [6.45, 7) is 0.944. The standard InChI is InChI=1S/C14H16N2O4/c17-12-2-1-5-16(9-12)14(20)11-6-10(7-15-8-11)3-4-13(18)19/h3-4,6-8,12,17H,1-2,5,9H2,(H,18,19). The number of amides is 1. The van der Waals surface area contributed by atoms with E-state index >= 15 is 0 Å². The second-order valence-electron chi connectivity index (χ2n) is 4.73. The Hall–Kier alpha value is -2.21. The van der Waals surface area contributed by atoms with Gasteiger partial charge in [-0.1, -0.05) is 0 Å². The topological polar surface area (TPSA) is 90.7 Å². The number of carbonyl (C=O) groups is 2. The van der Waals surface area contributed by atoms with E-state index in [1.165, 1.54) is 18.5 Å². The van der Waals surface area contributed by atoms with Crippen molar-refractivity contribution in [3.05, 3.63) is 35.7 Å². The fourth-order valence-electron chi connectivity index (χ4n) is 2.16. The Balaban J connectivity index is 2.13. The molecule has 1 aromatic heterocycles. The molecule has 1 amide bonds. The molecule has 2 N–H and O–H groups in total. The Labute approximate surface area is 116 Å². The van der Waals surface area contributed by atoms with Crippen LogP contribution in [0.25, 0.3) is 6.08 Å². The summed E-state index contributed by atoms with van der Waals surface area (Å²) in [5, 5.41) is 18.2. The van der Waals surface area contributed by atoms with Crippen molar-refractivity contribution < 1.29 is 19.8 Å². The third-order valence-corrected chi connectivity index (χ3v) is 3.11. The van der Waals surface area contributed by atoms with Crippen LogP contribution in [0.5, 0.6) is 0 Å². The molecular formula is C14H16N2O4. The van der Waals surface area contributed by atoms with Crippen LogP contribution in [0.1, 0.15) is 28.8 Å². The molecule has 0 radical (unpaired) electrons. The number of carbonyl (C=O) groups excluding carboxylic acids is 1. The van der Waals surface area contributed by atoms with Gasteiger partial charge in [0.15, 0.2) is 0 Å². The molecule has 1 fully saturated rings. The van der Waals surface area contributed by atoms with E-state index in [-0.39, 0.29) is 5.91 Å². The molecular weight excluding hydrogens is 260 g/mol. The van der Waals surface area contributed by atoms with Crippen molar-refractivity contribution in [3.63, 3.8) is 0 Å². The zero-order valence-electron chi connectivity index (χ0n) is 10.9. The normalized spacial score (nSPS) is 19.2. The minimum Gasteiger partial charge on any atom is -0.478 e. The summed E-state index contributed by atoms with van der Waals surface area (Å²) < 4.78 is 0. The number of pyridine rings is 1. The number of carboxylic acid groups (broad SMARTS) is 1. The van der Waals surface area contributed by atoms with Gasteiger partial charge in [0.2, 0.25) is 0 Å². The molecule has 0 aromatic carbocycles. The summed E-state index contributed by atoms with van der Waals surface area (Å²) in [5.41, 5.74) is 0.947. The number of nitrogens with zero attached hydrogens (tertiary/aromatic N) is 2. The van der Waals surface area contributed by atoms with Gasteiger partial charge in [-0.25, -0.2) is 4.79 Å². The second kappa shape index (κ2) is 6.29. The zero-order chi connectivity index (χ0) is 14.5. The smallest absolute Gasteiger partial charge is 0.328 e. The minimum atomic E-state index is -1.05. The van der Waals surface area contributed by atoms with Gasteiger partial charge in [0.05, 0.1) is 11.7 Å². The number of aliphatic carboxylic acids is 1. The summed E-state index contributed by atoms with van der Waals surface area (Å²) in [7, 11) is 0. The van der Waals surface area contributed by atoms with Crippen LogP contribution in [-0.2, 0) is 4.79 Å². The quantitative estimate of drug-likeness (QED) is 0.796. The molecule has 1 atom stereocenters. The lowest BCUT2D eigenvalue weighted by atomic mass is 10.1. The van der Waals surface area contributed by atoms with Gasteiger partial charge in [0, 0.05) is 31.6 Å². The maximum Gasteiger partial charge on any atom is 0.328 e. The van der Waals surface area contributed by atoms with E-state index in [0.717, 1.165) is 12.5 Å². The molecule has 2 rings (SSSR count). The first-order valence-electron chi connectivity index (χ1n) is 6.39. The zero-order valence-corrected chi connectivity index (χ0v) is 10.9. The molecule has 1 aromatic rings. The molecule has 1 saturated heterocycles. The Bertz CT molecular complexity index is 542. The lowest BCUT2D eigenvalue weighted by Crippen LogP contribution is -2.42. The van der Waals surface area contributed by atoms with Crippen molar-refractivity contribution in [1.82, 2.24) is 9.88 Å². The number of β-amino-alcohol motifs (C(OH)–C–C–N with tert-alkyl or cyclic N) is 1. The first-order chi connectivity index (χ1) is 9.56. The number of aliphatic hydroxyl groups excluding tert-OH is 1. The Kier molecular flexibility index (Phi) is 4.47. The predicted molar refractivity (Wildman–Crippen MR) is 72.1 cm³/mol. The number of carboxylic acids is 1. The van der Waals surface area contributed by atoms with Crippen molar-refractivity contribution in [2.75, 3.05) is 13.1 Å². The summed E-state index contributed by atoms with van der Waals surface area (Å²) in [5.74, 6) is -1.25. The molecule has 20 heavy (non-hydrogen) atoms. The van der Waals surface area contributed by atoms with Crippen molar-refractivity contribution >= 4 is 18.0 Å². The highest BCUT2D eigenvalue weighted by molar-refractivity contribution is 5.95. The molecule has 1 aliphatic rings. The highest BCUT2D eigenvalue weighted by Crippen LogP contribution is 2.14. The van der Waals surface area contributed by atoms with E-state index in [1.807, 2.05) is 0 Å². The molecule has 106 valence electrons. The van der Waals surface area contributed by atoms with E-state index in [0.29, 0.717) is 30.6 Å². The first kappa shape index (κ1) is 14.2. The summed E-state index contributed by atoms with van der Waals surface area (Å²) >= 11 is 0. The number of likely N-dealkylation sites (tertiary alicyclic amines) is 1. The minimum absolute atomic E-state index is 0.193. The van der Waals surface area contributed by atoms with E-state index in [4.69, 9.17) is 5.11 Å². The number of rotatable bonds is 3. The maximum absolute atomic E-state index is 12.3. The van der Waals surface area contributed by atoms with Gasteiger partial charge in [0.1, 0.15) is 0 Å². The number of hydrogen-bond acceptors (Lipinski definition) is 4. The average molecular weight is 276 g/mol. The molecule has 0 bridgehead atoms. The molecule has 0 spiro atoms. The van der Waals surface area contributed by atoms with Crippen molar-refractivity contribution in [1.29, 1.82) is 0 Å². The largest absolute Gasteiger partial charge is 0.478 e. The molecule has 0 aliphatic carbocycles. The average Bonchev–Trinajstić information content (AvgIpc) is 2.44. The van der Waals surface area contributed by atoms with E-state index in [2.05, 4.69) is 4.98 Å². The summed E-state index contributed by atoms with van der Waals surface area (Å²) in [6, 6.07) is 1.59. The Morgan fingerprint density at radius 2 is 2.20 bits per heavy atom. The number of hydrogen-bond donors (Lipinski definition) is 2. The molecule has 6 heteroatoms. The van der Waals surface area contributed by atoms with Gasteiger partial charge in [0.25, 0.3) is 5.91 Å². The first-order valence-corrected chi connectivity index (χ1v) is 6.39. The molecule has 2 heterocycles. The number of aromatic nitrogens is 1. The van der Waals surface area contributed by atoms with Crippen molar-refractivity contribution in [3.8, 4) is 0 Å². The van der Waals surface area contributed by atoms with Gasteiger partial charge < -0.3 is 15.1 Å². The van der Waals surface area contributed by atoms with Gasteiger partial charge in [-0.2, -0.15) is 0 Å². The SMILES string of the molecule is O=C(O)C=Cc1cncc(C(=O)N2CCCC(O)C2)c1.